The molecule has 0 fully saturated rings. The zero-order chi connectivity index (χ0) is 21.1. The van der Waals surface area contributed by atoms with E-state index in [0.717, 1.165) is 11.4 Å². The molecule has 0 saturated carbocycles. The molecule has 0 saturated heterocycles. The van der Waals surface area contributed by atoms with Gasteiger partial charge in [-0.1, -0.05) is 84.9 Å². The van der Waals surface area contributed by atoms with Crippen molar-refractivity contribution < 1.29 is 0 Å². The molecule has 0 unspecified atom stereocenters. The van der Waals surface area contributed by atoms with Gasteiger partial charge in [-0.05, 0) is 66.0 Å². The van der Waals surface area contributed by atoms with Crippen molar-refractivity contribution in [3.8, 4) is 11.4 Å². The summed E-state index contributed by atoms with van der Waals surface area (Å²) < 4.78 is 0. The molecule has 0 amide bonds. The molecule has 1 aromatic heterocycles. The summed E-state index contributed by atoms with van der Waals surface area (Å²) in [4.78, 5) is 9.17. The lowest BCUT2D eigenvalue weighted by Crippen LogP contribution is -1.92. The molecular formula is C30H18N2. The van der Waals surface area contributed by atoms with Crippen molar-refractivity contribution in [1.29, 1.82) is 0 Å². The Labute approximate surface area is 184 Å². The highest BCUT2D eigenvalue weighted by molar-refractivity contribution is 6.37. The average Bonchev–Trinajstić information content (AvgIpc) is 2.88. The Balaban J connectivity index is 1.85. The van der Waals surface area contributed by atoms with Crippen LogP contribution < -0.4 is 0 Å². The third-order valence-corrected chi connectivity index (χ3v) is 6.54. The molecule has 7 aromatic rings. The van der Waals surface area contributed by atoms with E-state index < -0.39 is 0 Å². The topological polar surface area (TPSA) is 25.8 Å². The molecule has 0 aliphatic rings. The first-order chi connectivity index (χ1) is 15.9. The van der Waals surface area contributed by atoms with E-state index in [-0.39, 0.29) is 0 Å². The second-order valence-corrected chi connectivity index (χ2v) is 8.22. The fourth-order valence-corrected chi connectivity index (χ4v) is 5.20. The zero-order valence-electron chi connectivity index (χ0n) is 17.3. The smallest absolute Gasteiger partial charge is 0.159 e. The van der Waals surface area contributed by atoms with E-state index in [2.05, 4.69) is 101 Å². The number of rotatable bonds is 1. The second-order valence-electron chi connectivity index (χ2n) is 8.22. The number of benzene rings is 6. The van der Waals surface area contributed by atoms with Gasteiger partial charge in [-0.15, -0.1) is 0 Å². The summed E-state index contributed by atoms with van der Waals surface area (Å²) in [6, 6.07) is 34.7. The number of aromatic nitrogens is 2. The van der Waals surface area contributed by atoms with Crippen LogP contribution in [0.1, 0.15) is 0 Å². The normalized spacial score (nSPS) is 11.8. The Bertz CT molecular complexity index is 1820. The van der Waals surface area contributed by atoms with Crippen LogP contribution in [0.15, 0.2) is 109 Å². The lowest BCUT2D eigenvalue weighted by molar-refractivity contribution is 1.18. The molecule has 0 bridgehead atoms. The van der Waals surface area contributed by atoms with Gasteiger partial charge in [-0.25, -0.2) is 9.97 Å². The van der Waals surface area contributed by atoms with Crippen molar-refractivity contribution in [3.63, 3.8) is 0 Å². The first kappa shape index (κ1) is 17.4. The van der Waals surface area contributed by atoms with E-state index in [1.165, 1.54) is 53.9 Å². The Hall–Kier alpha value is -4.30. The summed E-state index contributed by atoms with van der Waals surface area (Å²) in [6.07, 6.45) is 3.63. The van der Waals surface area contributed by atoms with Crippen molar-refractivity contribution in [2.45, 2.75) is 0 Å². The van der Waals surface area contributed by atoms with Crippen LogP contribution in [0.25, 0.3) is 65.3 Å². The summed E-state index contributed by atoms with van der Waals surface area (Å²) in [6.45, 7) is 0. The number of hydrogen-bond donors (Lipinski definition) is 0. The molecule has 0 N–H and O–H groups in total. The zero-order valence-corrected chi connectivity index (χ0v) is 17.3. The SMILES string of the molecule is c1cnc(-c2cc3c4ccccc4c4ccc5ccccc5c4c3c3ccccc23)nc1. The summed E-state index contributed by atoms with van der Waals surface area (Å²) in [5.74, 6) is 0.757. The van der Waals surface area contributed by atoms with Gasteiger partial charge in [0.15, 0.2) is 5.82 Å². The molecule has 7 rings (SSSR count). The Morgan fingerprint density at radius 3 is 1.75 bits per heavy atom. The van der Waals surface area contributed by atoms with Crippen LogP contribution in [-0.4, -0.2) is 9.97 Å². The maximum absolute atomic E-state index is 4.59. The number of hydrogen-bond acceptors (Lipinski definition) is 2. The highest BCUT2D eigenvalue weighted by Crippen LogP contribution is 2.44. The maximum atomic E-state index is 4.59. The van der Waals surface area contributed by atoms with E-state index in [0.29, 0.717) is 0 Å². The minimum absolute atomic E-state index is 0.757. The molecular weight excluding hydrogens is 388 g/mol. The predicted molar refractivity (Wildman–Crippen MR) is 135 cm³/mol. The molecule has 32 heavy (non-hydrogen) atoms. The van der Waals surface area contributed by atoms with E-state index in [1.807, 2.05) is 18.5 Å². The van der Waals surface area contributed by atoms with Crippen molar-refractivity contribution in [3.05, 3.63) is 109 Å². The van der Waals surface area contributed by atoms with E-state index in [1.54, 1.807) is 0 Å². The molecule has 0 aliphatic carbocycles. The van der Waals surface area contributed by atoms with E-state index in [4.69, 9.17) is 0 Å². The van der Waals surface area contributed by atoms with Crippen LogP contribution in [-0.2, 0) is 0 Å². The summed E-state index contributed by atoms with van der Waals surface area (Å²) in [5.41, 5.74) is 1.07. The standard InChI is InChI=1S/C30H18N2/c1-2-9-20-19(8-1)14-15-25-21-10-3-4-11-22(21)26-18-27(30-31-16-7-17-32-30)23-12-5-6-13-24(23)29(26)28(20)25/h1-18H. The monoisotopic (exact) mass is 406 g/mol. The third-order valence-electron chi connectivity index (χ3n) is 6.54. The quantitative estimate of drug-likeness (QED) is 0.259. The largest absolute Gasteiger partial charge is 0.237 e. The van der Waals surface area contributed by atoms with Crippen LogP contribution in [0.5, 0.6) is 0 Å². The van der Waals surface area contributed by atoms with Gasteiger partial charge in [-0.3, -0.25) is 0 Å². The third kappa shape index (κ3) is 2.35. The van der Waals surface area contributed by atoms with Gasteiger partial charge in [0.2, 0.25) is 0 Å². The Kier molecular flexibility index (Phi) is 3.58. The van der Waals surface area contributed by atoms with Crippen LogP contribution in [0.4, 0.5) is 0 Å². The van der Waals surface area contributed by atoms with Gasteiger partial charge in [-0.2, -0.15) is 0 Å². The van der Waals surface area contributed by atoms with Gasteiger partial charge in [0.1, 0.15) is 0 Å². The van der Waals surface area contributed by atoms with Gasteiger partial charge < -0.3 is 0 Å². The highest BCUT2D eigenvalue weighted by atomic mass is 14.8. The molecule has 6 aromatic carbocycles. The first-order valence-corrected chi connectivity index (χ1v) is 10.9. The van der Waals surface area contributed by atoms with E-state index in [9.17, 15) is 0 Å². The number of fused-ring (bicyclic) bond motifs is 10. The van der Waals surface area contributed by atoms with Crippen LogP contribution in [0, 0.1) is 0 Å². The Morgan fingerprint density at radius 2 is 0.969 bits per heavy atom. The highest BCUT2D eigenvalue weighted by Gasteiger charge is 2.17. The fourth-order valence-electron chi connectivity index (χ4n) is 5.20. The molecule has 0 aliphatic heterocycles. The lowest BCUT2D eigenvalue weighted by Gasteiger charge is -2.17. The summed E-state index contributed by atoms with van der Waals surface area (Å²) >= 11 is 0. The lowest BCUT2D eigenvalue weighted by atomic mass is 9.87. The summed E-state index contributed by atoms with van der Waals surface area (Å²) in [7, 11) is 0. The Morgan fingerprint density at radius 1 is 0.406 bits per heavy atom. The second kappa shape index (κ2) is 6.60. The minimum atomic E-state index is 0.757. The molecule has 2 nitrogen and oxygen atoms in total. The maximum Gasteiger partial charge on any atom is 0.159 e. The van der Waals surface area contributed by atoms with Crippen molar-refractivity contribution in [2.75, 3.05) is 0 Å². The van der Waals surface area contributed by atoms with E-state index >= 15 is 0 Å². The van der Waals surface area contributed by atoms with Crippen molar-refractivity contribution >= 4 is 53.9 Å². The first-order valence-electron chi connectivity index (χ1n) is 10.9. The van der Waals surface area contributed by atoms with Crippen LogP contribution in [0.2, 0.25) is 0 Å². The van der Waals surface area contributed by atoms with Gasteiger partial charge in [0.25, 0.3) is 0 Å². The molecule has 0 atom stereocenters. The fraction of sp³-hybridized carbons (Fsp3) is 0. The molecule has 0 spiro atoms. The van der Waals surface area contributed by atoms with Gasteiger partial charge in [0.05, 0.1) is 0 Å². The molecule has 2 heteroatoms. The summed E-state index contributed by atoms with van der Waals surface area (Å²) in [5, 5.41) is 12.6. The predicted octanol–water partition coefficient (Wildman–Crippen LogP) is 7.91. The number of nitrogens with zero attached hydrogens (tertiary/aromatic N) is 2. The van der Waals surface area contributed by atoms with Crippen LogP contribution >= 0.6 is 0 Å². The van der Waals surface area contributed by atoms with Crippen molar-refractivity contribution in [1.82, 2.24) is 9.97 Å². The van der Waals surface area contributed by atoms with Crippen molar-refractivity contribution in [2.24, 2.45) is 0 Å². The minimum Gasteiger partial charge on any atom is -0.237 e. The van der Waals surface area contributed by atoms with Gasteiger partial charge in [0, 0.05) is 18.0 Å². The molecule has 0 radical (unpaired) electrons. The van der Waals surface area contributed by atoms with Gasteiger partial charge >= 0.3 is 0 Å². The molecule has 1 heterocycles. The van der Waals surface area contributed by atoms with Crippen LogP contribution in [0.3, 0.4) is 0 Å². The molecule has 148 valence electrons. The average molecular weight is 406 g/mol.